The Labute approximate surface area is 80.3 Å². The van der Waals surface area contributed by atoms with Crippen molar-refractivity contribution >= 4 is 13.8 Å². The third-order valence-electron chi connectivity index (χ3n) is 1.79. The van der Waals surface area contributed by atoms with Crippen molar-refractivity contribution in [2.45, 2.75) is 26.0 Å². The highest BCUT2D eigenvalue weighted by atomic mass is 16.5. The number of carbonyl (C=O) groups is 1. The maximum atomic E-state index is 10.9. The molecule has 5 heteroatoms. The molecule has 0 aliphatic heterocycles. The minimum Gasteiger partial charge on any atom is -0.394 e. The van der Waals surface area contributed by atoms with E-state index in [2.05, 4.69) is 0 Å². The van der Waals surface area contributed by atoms with Gasteiger partial charge in [-0.25, -0.2) is 0 Å². The average Bonchev–Trinajstić information content (AvgIpc) is 2.03. The van der Waals surface area contributed by atoms with Gasteiger partial charge in [0.2, 0.25) is 5.91 Å². The third kappa shape index (κ3) is 5.66. The van der Waals surface area contributed by atoms with E-state index in [0.29, 0.717) is 6.54 Å². The van der Waals surface area contributed by atoms with Gasteiger partial charge in [-0.05, 0) is 6.92 Å². The molecule has 2 unspecified atom stereocenters. The van der Waals surface area contributed by atoms with Gasteiger partial charge >= 0.3 is 0 Å². The van der Waals surface area contributed by atoms with Gasteiger partial charge in [-0.1, -0.05) is 0 Å². The van der Waals surface area contributed by atoms with Crippen LogP contribution in [0.1, 0.15) is 13.8 Å². The van der Waals surface area contributed by atoms with E-state index in [0.717, 1.165) is 0 Å². The van der Waals surface area contributed by atoms with Gasteiger partial charge in [-0.2, -0.15) is 0 Å². The SMILES string of the molecule is BC(CN(C)C(C)=O)OC(C)CO. The summed E-state index contributed by atoms with van der Waals surface area (Å²) in [5.74, 6) is 0.0205. The molecular weight excluding hydrogens is 169 g/mol. The molecule has 76 valence electrons. The van der Waals surface area contributed by atoms with Crippen LogP contribution in [-0.2, 0) is 9.53 Å². The van der Waals surface area contributed by atoms with Gasteiger partial charge in [0.15, 0.2) is 0 Å². The van der Waals surface area contributed by atoms with E-state index in [4.69, 9.17) is 9.84 Å². The first kappa shape index (κ1) is 12.5. The third-order valence-corrected chi connectivity index (χ3v) is 1.79. The number of nitrogens with zero attached hydrogens (tertiary/aromatic N) is 1. The highest BCUT2D eigenvalue weighted by molar-refractivity contribution is 6.11. The molecule has 0 saturated carbocycles. The number of aliphatic hydroxyl groups excluding tert-OH is 1. The average molecular weight is 187 g/mol. The van der Waals surface area contributed by atoms with E-state index in [1.165, 1.54) is 6.92 Å². The van der Waals surface area contributed by atoms with Crippen molar-refractivity contribution < 1.29 is 14.6 Å². The van der Waals surface area contributed by atoms with E-state index in [-0.39, 0.29) is 24.6 Å². The van der Waals surface area contributed by atoms with E-state index < -0.39 is 0 Å². The van der Waals surface area contributed by atoms with Crippen molar-refractivity contribution in [2.24, 2.45) is 0 Å². The number of carbonyl (C=O) groups excluding carboxylic acids is 1. The maximum Gasteiger partial charge on any atom is 0.219 e. The van der Waals surface area contributed by atoms with Crippen LogP contribution in [0.25, 0.3) is 0 Å². The summed E-state index contributed by atoms with van der Waals surface area (Å²) in [4.78, 5) is 12.4. The molecule has 13 heavy (non-hydrogen) atoms. The Morgan fingerprint density at radius 3 is 2.62 bits per heavy atom. The van der Waals surface area contributed by atoms with Crippen LogP contribution < -0.4 is 0 Å². The highest BCUT2D eigenvalue weighted by Gasteiger charge is 2.11. The highest BCUT2D eigenvalue weighted by Crippen LogP contribution is 1.97. The smallest absolute Gasteiger partial charge is 0.219 e. The van der Waals surface area contributed by atoms with Crippen LogP contribution >= 0.6 is 0 Å². The Bertz CT molecular complexity index is 165. The van der Waals surface area contributed by atoms with Crippen LogP contribution in [0.15, 0.2) is 0 Å². The Kier molecular flexibility index (Phi) is 5.74. The zero-order valence-corrected chi connectivity index (χ0v) is 8.78. The van der Waals surface area contributed by atoms with Gasteiger partial charge in [0, 0.05) is 26.5 Å². The molecule has 0 rings (SSSR count). The fraction of sp³-hybridized carbons (Fsp3) is 0.875. The first-order valence-electron chi connectivity index (χ1n) is 4.45. The maximum absolute atomic E-state index is 10.9. The normalized spacial score (nSPS) is 15.1. The molecule has 0 aromatic heterocycles. The Morgan fingerprint density at radius 2 is 2.23 bits per heavy atom. The van der Waals surface area contributed by atoms with Gasteiger partial charge in [-0.3, -0.25) is 4.79 Å². The second-order valence-electron chi connectivity index (χ2n) is 3.34. The van der Waals surface area contributed by atoms with Gasteiger partial charge in [-0.15, -0.1) is 0 Å². The lowest BCUT2D eigenvalue weighted by Crippen LogP contribution is -2.36. The first-order chi connectivity index (χ1) is 5.97. The molecule has 0 radical (unpaired) electrons. The first-order valence-corrected chi connectivity index (χ1v) is 4.45. The quantitative estimate of drug-likeness (QED) is 0.551. The van der Waals surface area contributed by atoms with Crippen molar-refractivity contribution in [3.8, 4) is 0 Å². The second-order valence-corrected chi connectivity index (χ2v) is 3.34. The van der Waals surface area contributed by atoms with Crippen molar-refractivity contribution in [1.29, 1.82) is 0 Å². The van der Waals surface area contributed by atoms with Crippen molar-refractivity contribution in [1.82, 2.24) is 4.90 Å². The molecule has 4 nitrogen and oxygen atoms in total. The molecule has 1 amide bonds. The summed E-state index contributed by atoms with van der Waals surface area (Å²) in [6, 6.07) is -0.0453. The molecule has 0 aromatic rings. The minimum absolute atomic E-state index is 0.00806. The van der Waals surface area contributed by atoms with E-state index in [1.54, 1.807) is 18.9 Å². The lowest BCUT2D eigenvalue weighted by Gasteiger charge is -2.23. The molecular formula is C8H18BNO3. The monoisotopic (exact) mass is 187 g/mol. The number of rotatable bonds is 5. The van der Waals surface area contributed by atoms with Crippen LogP contribution in [0.4, 0.5) is 0 Å². The summed E-state index contributed by atoms with van der Waals surface area (Å²) in [6.45, 7) is 3.88. The standard InChI is InChI=1S/C8H18BNO3/c1-6(5-11)13-8(9)4-10(3)7(2)12/h6,8,11H,4-5,9H2,1-3H3. The molecule has 0 spiro atoms. The molecule has 0 fully saturated rings. The Morgan fingerprint density at radius 1 is 1.69 bits per heavy atom. The Balaban J connectivity index is 3.73. The number of likely N-dealkylation sites (N-methyl/N-ethyl adjacent to an activating group) is 1. The van der Waals surface area contributed by atoms with Crippen LogP contribution in [0.2, 0.25) is 0 Å². The van der Waals surface area contributed by atoms with Crippen LogP contribution in [0.5, 0.6) is 0 Å². The number of ether oxygens (including phenoxy) is 1. The van der Waals surface area contributed by atoms with Crippen molar-refractivity contribution in [2.75, 3.05) is 20.2 Å². The Hall–Kier alpha value is -0.545. The van der Waals surface area contributed by atoms with Crippen molar-refractivity contribution in [3.63, 3.8) is 0 Å². The van der Waals surface area contributed by atoms with Gasteiger partial charge in [0.25, 0.3) is 0 Å². The fourth-order valence-corrected chi connectivity index (χ4v) is 0.997. The molecule has 1 N–H and O–H groups in total. The van der Waals surface area contributed by atoms with E-state index in [1.807, 2.05) is 7.85 Å². The molecule has 0 aliphatic rings. The minimum atomic E-state index is -0.171. The zero-order chi connectivity index (χ0) is 10.4. The van der Waals surface area contributed by atoms with Crippen LogP contribution in [0, 0.1) is 0 Å². The van der Waals surface area contributed by atoms with E-state index in [9.17, 15) is 4.79 Å². The largest absolute Gasteiger partial charge is 0.394 e. The predicted octanol–water partition coefficient (Wildman–Crippen LogP) is -1.18. The topological polar surface area (TPSA) is 49.8 Å². The van der Waals surface area contributed by atoms with Gasteiger partial charge < -0.3 is 14.7 Å². The van der Waals surface area contributed by atoms with Crippen molar-refractivity contribution in [3.05, 3.63) is 0 Å². The summed E-state index contributed by atoms with van der Waals surface area (Å²) in [7, 11) is 3.61. The number of aliphatic hydroxyl groups is 1. The van der Waals surface area contributed by atoms with Crippen LogP contribution in [-0.4, -0.2) is 56.1 Å². The summed E-state index contributed by atoms with van der Waals surface area (Å²) in [5, 5.41) is 8.72. The molecule has 0 heterocycles. The number of hydrogen-bond acceptors (Lipinski definition) is 3. The predicted molar refractivity (Wildman–Crippen MR) is 53.3 cm³/mol. The number of hydrogen-bond donors (Lipinski definition) is 1. The zero-order valence-electron chi connectivity index (χ0n) is 8.78. The molecule has 0 aromatic carbocycles. The van der Waals surface area contributed by atoms with E-state index >= 15 is 0 Å². The fourth-order valence-electron chi connectivity index (χ4n) is 0.997. The molecule has 0 aliphatic carbocycles. The molecule has 2 atom stereocenters. The molecule has 0 saturated heterocycles. The van der Waals surface area contributed by atoms with Gasteiger partial charge in [0.1, 0.15) is 7.85 Å². The summed E-state index contributed by atoms with van der Waals surface area (Å²) in [5.41, 5.74) is 0. The number of amides is 1. The molecule has 0 bridgehead atoms. The van der Waals surface area contributed by atoms with Gasteiger partial charge in [0.05, 0.1) is 12.7 Å². The van der Waals surface area contributed by atoms with Crippen LogP contribution in [0.3, 0.4) is 0 Å². The summed E-state index contributed by atoms with van der Waals surface area (Å²) >= 11 is 0. The lowest BCUT2D eigenvalue weighted by atomic mass is 9.99. The lowest BCUT2D eigenvalue weighted by molar-refractivity contribution is -0.129. The second kappa shape index (κ2) is 5.99. The summed E-state index contributed by atoms with van der Waals surface area (Å²) in [6.07, 6.45) is -0.171. The summed E-state index contributed by atoms with van der Waals surface area (Å²) < 4.78 is 5.38.